The van der Waals surface area contributed by atoms with Gasteiger partial charge in [-0.05, 0) is 6.07 Å². The first kappa shape index (κ1) is 11.7. The molecular formula is C14H18N2O2. The van der Waals surface area contributed by atoms with Crippen molar-refractivity contribution >= 4 is 11.0 Å². The first-order valence-electron chi connectivity index (χ1n) is 6.42. The van der Waals surface area contributed by atoms with E-state index in [2.05, 4.69) is 10.2 Å². The Morgan fingerprint density at radius 1 is 1.28 bits per heavy atom. The van der Waals surface area contributed by atoms with E-state index in [0.717, 1.165) is 42.7 Å². The zero-order valence-electron chi connectivity index (χ0n) is 10.3. The molecule has 1 aromatic heterocycles. The highest BCUT2D eigenvalue weighted by Crippen LogP contribution is 2.26. The van der Waals surface area contributed by atoms with Crippen LogP contribution in [0, 0.1) is 0 Å². The highest BCUT2D eigenvalue weighted by atomic mass is 16.3. The topological polar surface area (TPSA) is 48.6 Å². The number of hydrogen-bond donors (Lipinski definition) is 2. The molecule has 1 aliphatic rings. The van der Waals surface area contributed by atoms with Crippen molar-refractivity contribution in [2.24, 2.45) is 0 Å². The fraction of sp³-hybridized carbons (Fsp3) is 0.429. The first-order valence-corrected chi connectivity index (χ1v) is 6.42. The van der Waals surface area contributed by atoms with Crippen LogP contribution >= 0.6 is 0 Å². The van der Waals surface area contributed by atoms with Crippen molar-refractivity contribution in [2.45, 2.75) is 6.10 Å². The number of aliphatic hydroxyl groups is 1. The zero-order valence-corrected chi connectivity index (χ0v) is 10.3. The van der Waals surface area contributed by atoms with Crippen molar-refractivity contribution in [2.75, 3.05) is 32.7 Å². The van der Waals surface area contributed by atoms with Crippen LogP contribution in [-0.2, 0) is 0 Å². The molecule has 0 saturated carbocycles. The number of nitrogens with one attached hydrogen (secondary N) is 1. The Labute approximate surface area is 106 Å². The summed E-state index contributed by atoms with van der Waals surface area (Å²) < 4.78 is 5.47. The molecule has 2 N–H and O–H groups in total. The maximum atomic E-state index is 10.3. The second-order valence-electron chi connectivity index (χ2n) is 4.75. The Balaban J connectivity index is 1.76. The fourth-order valence-corrected chi connectivity index (χ4v) is 2.49. The minimum atomic E-state index is -0.480. The van der Waals surface area contributed by atoms with Crippen molar-refractivity contribution in [3.63, 3.8) is 0 Å². The van der Waals surface area contributed by atoms with Gasteiger partial charge in [0.2, 0.25) is 0 Å². The van der Waals surface area contributed by atoms with Crippen LogP contribution in [0.1, 0.15) is 11.7 Å². The average Bonchev–Trinajstić information content (AvgIpc) is 2.84. The normalized spacial score (nSPS) is 19.2. The summed E-state index contributed by atoms with van der Waals surface area (Å²) in [6.07, 6.45) is 1.20. The molecule has 1 fully saturated rings. The van der Waals surface area contributed by atoms with Crippen LogP contribution in [0.2, 0.25) is 0 Å². The fourth-order valence-electron chi connectivity index (χ4n) is 2.49. The number of para-hydroxylation sites is 1. The van der Waals surface area contributed by atoms with Gasteiger partial charge in [-0.3, -0.25) is 4.90 Å². The molecule has 0 aliphatic carbocycles. The Morgan fingerprint density at radius 2 is 2.06 bits per heavy atom. The number of β-amino-alcohol motifs (C(OH)–C–C–N with tert-alkyl or cyclic N) is 1. The van der Waals surface area contributed by atoms with Gasteiger partial charge in [-0.2, -0.15) is 0 Å². The van der Waals surface area contributed by atoms with Crippen LogP contribution in [0.15, 0.2) is 34.9 Å². The van der Waals surface area contributed by atoms with Crippen molar-refractivity contribution < 1.29 is 9.52 Å². The van der Waals surface area contributed by atoms with Gasteiger partial charge in [0.25, 0.3) is 0 Å². The highest BCUT2D eigenvalue weighted by Gasteiger charge is 2.18. The molecule has 96 valence electrons. The minimum Gasteiger partial charge on any atom is -0.464 e. The molecule has 2 aromatic rings. The predicted octanol–water partition coefficient (Wildman–Crippen LogP) is 1.37. The minimum absolute atomic E-state index is 0.480. The van der Waals surface area contributed by atoms with Gasteiger partial charge in [0, 0.05) is 43.7 Å². The third-order valence-corrected chi connectivity index (χ3v) is 3.51. The van der Waals surface area contributed by atoms with Crippen LogP contribution < -0.4 is 5.32 Å². The zero-order chi connectivity index (χ0) is 12.4. The van der Waals surface area contributed by atoms with E-state index in [1.807, 2.05) is 24.3 Å². The molecule has 4 heteroatoms. The van der Waals surface area contributed by atoms with Crippen molar-refractivity contribution in [3.8, 4) is 0 Å². The van der Waals surface area contributed by atoms with Gasteiger partial charge < -0.3 is 14.8 Å². The molecule has 1 aromatic carbocycles. The van der Waals surface area contributed by atoms with Crippen LogP contribution in [0.3, 0.4) is 0 Å². The van der Waals surface area contributed by atoms with Gasteiger partial charge in [0.05, 0.1) is 12.4 Å². The summed E-state index contributed by atoms with van der Waals surface area (Å²) in [7, 11) is 0. The molecule has 0 amide bonds. The van der Waals surface area contributed by atoms with Gasteiger partial charge >= 0.3 is 0 Å². The molecule has 2 heterocycles. The van der Waals surface area contributed by atoms with Crippen molar-refractivity contribution in [1.29, 1.82) is 0 Å². The standard InChI is InChI=1S/C14H18N2O2/c17-13(9-16-7-5-15-6-8-16)12-10-18-14-4-2-1-3-11(12)14/h1-4,10,13,15,17H,5-9H2. The lowest BCUT2D eigenvalue weighted by atomic mass is 10.1. The van der Waals surface area contributed by atoms with E-state index in [-0.39, 0.29) is 0 Å². The van der Waals surface area contributed by atoms with E-state index < -0.39 is 6.10 Å². The molecule has 1 saturated heterocycles. The smallest absolute Gasteiger partial charge is 0.134 e. The van der Waals surface area contributed by atoms with E-state index >= 15 is 0 Å². The maximum Gasteiger partial charge on any atom is 0.134 e. The summed E-state index contributed by atoms with van der Waals surface area (Å²) in [6, 6.07) is 7.84. The number of aliphatic hydroxyl groups excluding tert-OH is 1. The van der Waals surface area contributed by atoms with Crippen molar-refractivity contribution in [1.82, 2.24) is 10.2 Å². The molecule has 1 aliphatic heterocycles. The number of piperazine rings is 1. The molecule has 4 nitrogen and oxygen atoms in total. The largest absolute Gasteiger partial charge is 0.464 e. The van der Waals surface area contributed by atoms with E-state index in [9.17, 15) is 5.11 Å². The monoisotopic (exact) mass is 246 g/mol. The van der Waals surface area contributed by atoms with E-state index in [1.54, 1.807) is 6.26 Å². The summed E-state index contributed by atoms with van der Waals surface area (Å²) >= 11 is 0. The van der Waals surface area contributed by atoms with Crippen molar-refractivity contribution in [3.05, 3.63) is 36.1 Å². The van der Waals surface area contributed by atoms with Gasteiger partial charge in [-0.25, -0.2) is 0 Å². The SMILES string of the molecule is OC(CN1CCNCC1)c1coc2ccccc12. The first-order chi connectivity index (χ1) is 8.84. The Morgan fingerprint density at radius 3 is 2.89 bits per heavy atom. The number of hydrogen-bond acceptors (Lipinski definition) is 4. The number of benzene rings is 1. The summed E-state index contributed by atoms with van der Waals surface area (Å²) in [4.78, 5) is 2.28. The van der Waals surface area contributed by atoms with Crippen LogP contribution in [0.4, 0.5) is 0 Å². The molecule has 1 atom stereocenters. The molecule has 3 rings (SSSR count). The summed E-state index contributed by atoms with van der Waals surface area (Å²) in [5, 5.41) is 14.7. The number of furan rings is 1. The second kappa shape index (κ2) is 5.10. The van der Waals surface area contributed by atoms with E-state index in [4.69, 9.17) is 4.42 Å². The average molecular weight is 246 g/mol. The second-order valence-corrected chi connectivity index (χ2v) is 4.75. The molecule has 0 bridgehead atoms. The number of nitrogens with zero attached hydrogens (tertiary/aromatic N) is 1. The van der Waals surface area contributed by atoms with Crippen LogP contribution in [0.25, 0.3) is 11.0 Å². The lowest BCUT2D eigenvalue weighted by molar-refractivity contribution is 0.106. The third kappa shape index (κ3) is 2.27. The lowest BCUT2D eigenvalue weighted by Crippen LogP contribution is -2.44. The molecule has 1 unspecified atom stereocenters. The predicted molar refractivity (Wildman–Crippen MR) is 70.5 cm³/mol. The van der Waals surface area contributed by atoms with Gasteiger partial charge in [0.15, 0.2) is 0 Å². The molecule has 0 radical (unpaired) electrons. The van der Waals surface area contributed by atoms with E-state index in [0.29, 0.717) is 6.54 Å². The third-order valence-electron chi connectivity index (χ3n) is 3.51. The Kier molecular flexibility index (Phi) is 3.32. The lowest BCUT2D eigenvalue weighted by Gasteiger charge is -2.28. The summed E-state index contributed by atoms with van der Waals surface area (Å²) in [5.41, 5.74) is 1.73. The number of rotatable bonds is 3. The van der Waals surface area contributed by atoms with Crippen LogP contribution in [0.5, 0.6) is 0 Å². The van der Waals surface area contributed by atoms with Gasteiger partial charge in [-0.1, -0.05) is 18.2 Å². The molecule has 18 heavy (non-hydrogen) atoms. The molecule has 0 spiro atoms. The molecular weight excluding hydrogens is 228 g/mol. The Hall–Kier alpha value is -1.36. The van der Waals surface area contributed by atoms with Gasteiger partial charge in [-0.15, -0.1) is 0 Å². The maximum absolute atomic E-state index is 10.3. The highest BCUT2D eigenvalue weighted by molar-refractivity contribution is 5.81. The van der Waals surface area contributed by atoms with Crippen LogP contribution in [-0.4, -0.2) is 42.7 Å². The number of fused-ring (bicyclic) bond motifs is 1. The quantitative estimate of drug-likeness (QED) is 0.859. The summed E-state index contributed by atoms with van der Waals surface area (Å²) in [5.74, 6) is 0. The van der Waals surface area contributed by atoms with Gasteiger partial charge in [0.1, 0.15) is 5.58 Å². The summed E-state index contributed by atoms with van der Waals surface area (Å²) in [6.45, 7) is 4.66. The Bertz CT molecular complexity index is 517. The van der Waals surface area contributed by atoms with E-state index in [1.165, 1.54) is 0 Å².